The highest BCUT2D eigenvalue weighted by Gasteiger charge is 1.91. The van der Waals surface area contributed by atoms with Gasteiger partial charge in [-0.25, -0.2) is 0 Å². The zero-order valence-electron chi connectivity index (χ0n) is 11.1. The summed E-state index contributed by atoms with van der Waals surface area (Å²) in [5.41, 5.74) is 5.42. The molecule has 0 heterocycles. The van der Waals surface area contributed by atoms with Crippen molar-refractivity contribution in [3.63, 3.8) is 0 Å². The van der Waals surface area contributed by atoms with Crippen molar-refractivity contribution in [3.05, 3.63) is 0 Å². The Morgan fingerprint density at radius 3 is 1.29 bits per heavy atom. The zero-order valence-corrected chi connectivity index (χ0v) is 12.0. The average Bonchev–Trinajstić information content (AvgIpc) is 2.26. The minimum atomic E-state index is -2.62. The summed E-state index contributed by atoms with van der Waals surface area (Å²) in [5, 5.41) is 0. The first-order valence-electron chi connectivity index (χ1n) is 6.72. The van der Waals surface area contributed by atoms with Gasteiger partial charge in [-0.1, -0.05) is 64.7 Å². The lowest BCUT2D eigenvalue weighted by Gasteiger charge is -2.00. The summed E-state index contributed by atoms with van der Waals surface area (Å²) in [6.45, 7) is 3.14. The second kappa shape index (κ2) is 18.6. The number of hydrogen-bond donors (Lipinski definition) is 4. The van der Waals surface area contributed by atoms with Crippen LogP contribution in [-0.2, 0) is 0 Å². The lowest BCUT2D eigenvalue weighted by atomic mass is 10.1. The fraction of sp³-hybridized carbons (Fsp3) is 1.00. The molecule has 0 aromatic rings. The summed E-state index contributed by atoms with van der Waals surface area (Å²) in [4.78, 5) is 21.7. The molecule has 0 saturated carbocycles. The van der Waals surface area contributed by atoms with Crippen LogP contribution in [0.2, 0.25) is 0 Å². The molecule has 5 N–H and O–H groups in total. The predicted molar refractivity (Wildman–Crippen MR) is 74.5 cm³/mol. The highest BCUT2D eigenvalue weighted by atomic mass is 31.2. The van der Waals surface area contributed by atoms with Crippen molar-refractivity contribution >= 4 is 8.60 Å². The Morgan fingerprint density at radius 1 is 0.706 bits per heavy atom. The molecule has 0 saturated heterocycles. The van der Waals surface area contributed by atoms with Crippen LogP contribution in [0.4, 0.5) is 0 Å². The van der Waals surface area contributed by atoms with Crippen LogP contribution in [0.1, 0.15) is 71.1 Å². The maximum atomic E-state index is 7.23. The van der Waals surface area contributed by atoms with Gasteiger partial charge in [-0.15, -0.1) is 0 Å². The van der Waals surface area contributed by atoms with E-state index in [2.05, 4.69) is 6.92 Å². The molecular formula is C12H30NO3P. The van der Waals surface area contributed by atoms with Crippen LogP contribution in [-0.4, -0.2) is 21.2 Å². The summed E-state index contributed by atoms with van der Waals surface area (Å²) in [6, 6.07) is 0. The predicted octanol–water partition coefficient (Wildman–Crippen LogP) is 3.06. The maximum absolute atomic E-state index is 7.23. The van der Waals surface area contributed by atoms with Crippen LogP contribution in [0, 0.1) is 0 Å². The number of unbranched alkanes of at least 4 members (excludes halogenated alkanes) is 9. The number of rotatable bonds is 10. The van der Waals surface area contributed by atoms with Crippen molar-refractivity contribution in [2.24, 2.45) is 5.73 Å². The van der Waals surface area contributed by atoms with Gasteiger partial charge in [-0.3, -0.25) is 0 Å². The second-order valence-electron chi connectivity index (χ2n) is 4.24. The Balaban J connectivity index is 0. The molecule has 0 aromatic carbocycles. The largest absolute Gasteiger partial charge is 0.330 e. The van der Waals surface area contributed by atoms with Crippen molar-refractivity contribution in [2.45, 2.75) is 71.1 Å². The van der Waals surface area contributed by atoms with Gasteiger partial charge in [-0.05, 0) is 13.0 Å². The first-order chi connectivity index (χ1) is 8.15. The van der Waals surface area contributed by atoms with Crippen LogP contribution < -0.4 is 5.73 Å². The minimum absolute atomic E-state index is 0.872. The van der Waals surface area contributed by atoms with Gasteiger partial charge in [-0.2, -0.15) is 0 Å². The highest BCUT2D eigenvalue weighted by Crippen LogP contribution is 2.11. The fourth-order valence-corrected chi connectivity index (χ4v) is 1.63. The van der Waals surface area contributed by atoms with E-state index in [0.717, 1.165) is 6.54 Å². The quantitative estimate of drug-likeness (QED) is 0.362. The molecule has 5 heteroatoms. The number of hydrogen-bond acceptors (Lipinski definition) is 4. The van der Waals surface area contributed by atoms with Crippen molar-refractivity contribution in [1.29, 1.82) is 0 Å². The molecule has 0 spiro atoms. The minimum Gasteiger partial charge on any atom is -0.330 e. The van der Waals surface area contributed by atoms with E-state index >= 15 is 0 Å². The lowest BCUT2D eigenvalue weighted by molar-refractivity contribution is 0.368. The standard InChI is InChI=1S/C12H27N.H3O3P/c1-2-3-4-5-6-7-8-9-10-11-12-13;1-4(2)3/h2-13H2,1H3;1-3H. The Hall–Kier alpha value is 0.270. The van der Waals surface area contributed by atoms with Gasteiger partial charge < -0.3 is 20.4 Å². The van der Waals surface area contributed by atoms with Crippen LogP contribution in [0.3, 0.4) is 0 Å². The Labute approximate surface area is 107 Å². The van der Waals surface area contributed by atoms with Crippen molar-refractivity contribution in [3.8, 4) is 0 Å². The van der Waals surface area contributed by atoms with Gasteiger partial charge in [0.15, 0.2) is 0 Å². The molecular weight excluding hydrogens is 237 g/mol. The van der Waals surface area contributed by atoms with E-state index in [1.807, 2.05) is 0 Å². The van der Waals surface area contributed by atoms with Gasteiger partial charge >= 0.3 is 8.60 Å². The topological polar surface area (TPSA) is 86.7 Å². The van der Waals surface area contributed by atoms with E-state index in [1.54, 1.807) is 0 Å². The molecule has 0 aromatic heterocycles. The van der Waals surface area contributed by atoms with Crippen molar-refractivity contribution in [1.82, 2.24) is 0 Å². The summed E-state index contributed by atoms with van der Waals surface area (Å²) in [7, 11) is -2.62. The second-order valence-corrected chi connectivity index (χ2v) is 4.78. The molecule has 106 valence electrons. The fourth-order valence-electron chi connectivity index (χ4n) is 1.63. The Bertz CT molecular complexity index is 114. The molecule has 0 aliphatic heterocycles. The van der Waals surface area contributed by atoms with Gasteiger partial charge in [0.1, 0.15) is 0 Å². The van der Waals surface area contributed by atoms with E-state index in [0.29, 0.717) is 0 Å². The lowest BCUT2D eigenvalue weighted by Crippen LogP contribution is -1.97. The monoisotopic (exact) mass is 267 g/mol. The first kappa shape index (κ1) is 19.6. The normalized spacial score (nSPS) is 10.2. The average molecular weight is 267 g/mol. The summed E-state index contributed by atoms with van der Waals surface area (Å²) >= 11 is 0. The summed E-state index contributed by atoms with van der Waals surface area (Å²) in [6.07, 6.45) is 13.9. The molecule has 0 atom stereocenters. The number of nitrogens with two attached hydrogens (primary N) is 1. The molecule has 4 nitrogen and oxygen atoms in total. The third-order valence-corrected chi connectivity index (χ3v) is 2.56. The van der Waals surface area contributed by atoms with E-state index < -0.39 is 8.60 Å². The Morgan fingerprint density at radius 2 is 1.00 bits per heavy atom. The van der Waals surface area contributed by atoms with E-state index in [9.17, 15) is 0 Å². The van der Waals surface area contributed by atoms with Gasteiger partial charge in [0, 0.05) is 0 Å². The Kier molecular flexibility index (Phi) is 21.5. The van der Waals surface area contributed by atoms with E-state index in [1.165, 1.54) is 64.2 Å². The van der Waals surface area contributed by atoms with Crippen molar-refractivity contribution < 1.29 is 14.7 Å². The molecule has 0 rings (SSSR count). The molecule has 0 unspecified atom stereocenters. The first-order valence-corrected chi connectivity index (χ1v) is 7.92. The summed E-state index contributed by atoms with van der Waals surface area (Å²) < 4.78 is 0. The van der Waals surface area contributed by atoms with Crippen LogP contribution in [0.25, 0.3) is 0 Å². The smallest absolute Gasteiger partial charge is 0.324 e. The van der Waals surface area contributed by atoms with Gasteiger partial charge in [0.05, 0.1) is 0 Å². The van der Waals surface area contributed by atoms with Gasteiger partial charge in [0.25, 0.3) is 0 Å². The van der Waals surface area contributed by atoms with E-state index in [-0.39, 0.29) is 0 Å². The third-order valence-electron chi connectivity index (χ3n) is 2.56. The summed E-state index contributed by atoms with van der Waals surface area (Å²) in [5.74, 6) is 0. The van der Waals surface area contributed by atoms with Crippen LogP contribution in [0.15, 0.2) is 0 Å². The molecule has 0 aliphatic carbocycles. The molecule has 17 heavy (non-hydrogen) atoms. The molecule has 0 aliphatic rings. The SMILES string of the molecule is CCCCCCCCCCCCN.OP(O)O. The molecule has 0 amide bonds. The third kappa shape index (κ3) is 31.4. The van der Waals surface area contributed by atoms with Crippen molar-refractivity contribution in [2.75, 3.05) is 6.54 Å². The molecule has 0 radical (unpaired) electrons. The van der Waals surface area contributed by atoms with Gasteiger partial charge in [0.2, 0.25) is 0 Å². The van der Waals surface area contributed by atoms with Crippen LogP contribution >= 0.6 is 8.60 Å². The molecule has 0 bridgehead atoms. The zero-order chi connectivity index (χ0) is 13.4. The molecule has 0 fully saturated rings. The highest BCUT2D eigenvalue weighted by molar-refractivity contribution is 7.38. The maximum Gasteiger partial charge on any atom is 0.324 e. The van der Waals surface area contributed by atoms with E-state index in [4.69, 9.17) is 20.4 Å². The van der Waals surface area contributed by atoms with Crippen LogP contribution in [0.5, 0.6) is 0 Å².